The van der Waals surface area contributed by atoms with Gasteiger partial charge in [0.05, 0.1) is 5.69 Å². The Morgan fingerprint density at radius 1 is 1.24 bits per heavy atom. The van der Waals surface area contributed by atoms with Crippen molar-refractivity contribution in [3.8, 4) is 0 Å². The maximum absolute atomic E-state index is 5.95. The first kappa shape index (κ1) is 12.3. The van der Waals surface area contributed by atoms with E-state index in [-0.39, 0.29) is 0 Å². The number of nitrogens with zero attached hydrogens (tertiary/aromatic N) is 2. The molecule has 0 saturated heterocycles. The third-order valence-electron chi connectivity index (χ3n) is 2.40. The van der Waals surface area contributed by atoms with Crippen molar-refractivity contribution in [1.29, 1.82) is 0 Å². The van der Waals surface area contributed by atoms with Gasteiger partial charge in [-0.2, -0.15) is 0 Å². The number of nitrogens with one attached hydrogen (secondary N) is 1. The van der Waals surface area contributed by atoms with Crippen LogP contribution >= 0.6 is 27.5 Å². The van der Waals surface area contributed by atoms with Gasteiger partial charge in [0.1, 0.15) is 17.3 Å². The molecule has 0 aliphatic carbocycles. The molecular weight excluding hydrogens is 302 g/mol. The highest BCUT2D eigenvalue weighted by atomic mass is 79.9. The van der Waals surface area contributed by atoms with Crippen molar-refractivity contribution < 1.29 is 0 Å². The highest BCUT2D eigenvalue weighted by Crippen LogP contribution is 2.28. The standard InChI is InChI=1S/C12H11BrClN3/c1-7-3-4-9(13)10(5-7)17-12-8(2)11(14)15-6-16-12/h3-6H,1-2H3,(H,15,16,17). The van der Waals surface area contributed by atoms with E-state index >= 15 is 0 Å². The van der Waals surface area contributed by atoms with Gasteiger partial charge < -0.3 is 5.32 Å². The van der Waals surface area contributed by atoms with Crippen molar-refractivity contribution in [2.75, 3.05) is 5.32 Å². The van der Waals surface area contributed by atoms with Gasteiger partial charge in [0.25, 0.3) is 0 Å². The van der Waals surface area contributed by atoms with Crippen LogP contribution in [0, 0.1) is 13.8 Å². The van der Waals surface area contributed by atoms with Gasteiger partial charge in [-0.25, -0.2) is 9.97 Å². The molecule has 0 amide bonds. The van der Waals surface area contributed by atoms with Crippen LogP contribution in [0.1, 0.15) is 11.1 Å². The number of anilines is 2. The fourth-order valence-corrected chi connectivity index (χ4v) is 1.90. The first-order chi connectivity index (χ1) is 8.08. The second-order valence-electron chi connectivity index (χ2n) is 3.75. The average Bonchev–Trinajstić information content (AvgIpc) is 2.30. The zero-order chi connectivity index (χ0) is 12.4. The van der Waals surface area contributed by atoms with Gasteiger partial charge in [0.15, 0.2) is 0 Å². The number of rotatable bonds is 2. The summed E-state index contributed by atoms with van der Waals surface area (Å²) in [5.41, 5.74) is 2.97. The molecule has 0 aliphatic rings. The van der Waals surface area contributed by atoms with Crippen molar-refractivity contribution >= 4 is 39.0 Å². The molecule has 0 spiro atoms. The summed E-state index contributed by atoms with van der Waals surface area (Å²) < 4.78 is 0.984. The smallest absolute Gasteiger partial charge is 0.138 e. The van der Waals surface area contributed by atoms with Crippen LogP contribution in [0.25, 0.3) is 0 Å². The van der Waals surface area contributed by atoms with Crippen LogP contribution in [-0.2, 0) is 0 Å². The van der Waals surface area contributed by atoms with E-state index in [1.54, 1.807) is 0 Å². The predicted molar refractivity (Wildman–Crippen MR) is 73.9 cm³/mol. The maximum atomic E-state index is 5.95. The molecule has 1 aromatic carbocycles. The number of hydrogen-bond donors (Lipinski definition) is 1. The molecule has 2 aromatic rings. The van der Waals surface area contributed by atoms with E-state index in [0.29, 0.717) is 5.15 Å². The van der Waals surface area contributed by atoms with E-state index in [0.717, 1.165) is 21.5 Å². The molecular formula is C12H11BrClN3. The summed E-state index contributed by atoms with van der Waals surface area (Å²) in [7, 11) is 0. The quantitative estimate of drug-likeness (QED) is 0.842. The Morgan fingerprint density at radius 3 is 2.76 bits per heavy atom. The van der Waals surface area contributed by atoms with Crippen molar-refractivity contribution in [2.24, 2.45) is 0 Å². The molecule has 0 radical (unpaired) electrons. The number of aryl methyl sites for hydroxylation is 1. The Kier molecular flexibility index (Phi) is 3.64. The van der Waals surface area contributed by atoms with Crippen molar-refractivity contribution in [2.45, 2.75) is 13.8 Å². The van der Waals surface area contributed by atoms with Crippen LogP contribution in [0.4, 0.5) is 11.5 Å². The van der Waals surface area contributed by atoms with E-state index in [9.17, 15) is 0 Å². The third-order valence-corrected chi connectivity index (χ3v) is 3.47. The van der Waals surface area contributed by atoms with Crippen LogP contribution in [0.3, 0.4) is 0 Å². The molecule has 0 bridgehead atoms. The lowest BCUT2D eigenvalue weighted by atomic mass is 10.2. The molecule has 5 heteroatoms. The van der Waals surface area contributed by atoms with Crippen LogP contribution < -0.4 is 5.32 Å². The minimum atomic E-state index is 0.464. The average molecular weight is 313 g/mol. The molecule has 0 unspecified atom stereocenters. The lowest BCUT2D eigenvalue weighted by molar-refractivity contribution is 1.13. The summed E-state index contributed by atoms with van der Waals surface area (Å²) in [6, 6.07) is 6.07. The summed E-state index contributed by atoms with van der Waals surface area (Å²) in [5, 5.41) is 3.70. The van der Waals surface area contributed by atoms with Crippen molar-refractivity contribution in [3.63, 3.8) is 0 Å². The van der Waals surface area contributed by atoms with Gasteiger partial charge in [-0.05, 0) is 47.5 Å². The van der Waals surface area contributed by atoms with E-state index < -0.39 is 0 Å². The summed E-state index contributed by atoms with van der Waals surface area (Å²) in [6.45, 7) is 3.92. The molecule has 1 aromatic heterocycles. The van der Waals surface area contributed by atoms with Gasteiger partial charge >= 0.3 is 0 Å². The summed E-state index contributed by atoms with van der Waals surface area (Å²) in [6.07, 6.45) is 1.45. The van der Waals surface area contributed by atoms with Gasteiger partial charge in [-0.1, -0.05) is 17.7 Å². The highest BCUT2D eigenvalue weighted by Gasteiger charge is 2.07. The van der Waals surface area contributed by atoms with Gasteiger partial charge in [0, 0.05) is 10.0 Å². The van der Waals surface area contributed by atoms with Crippen LogP contribution in [0.2, 0.25) is 5.15 Å². The summed E-state index contributed by atoms with van der Waals surface area (Å²) >= 11 is 9.44. The second-order valence-corrected chi connectivity index (χ2v) is 4.96. The molecule has 88 valence electrons. The van der Waals surface area contributed by atoms with Gasteiger partial charge in [-0.3, -0.25) is 0 Å². The van der Waals surface area contributed by atoms with E-state index in [1.807, 2.05) is 32.0 Å². The Labute approximate surface area is 113 Å². The third kappa shape index (κ3) is 2.76. The van der Waals surface area contributed by atoms with Crippen molar-refractivity contribution in [3.05, 3.63) is 45.3 Å². The van der Waals surface area contributed by atoms with Gasteiger partial charge in [-0.15, -0.1) is 0 Å². The van der Waals surface area contributed by atoms with E-state index in [1.165, 1.54) is 11.9 Å². The minimum absolute atomic E-state index is 0.464. The predicted octanol–water partition coefficient (Wildman–Crippen LogP) is 4.25. The van der Waals surface area contributed by atoms with Gasteiger partial charge in [0.2, 0.25) is 0 Å². The minimum Gasteiger partial charge on any atom is -0.339 e. The molecule has 1 heterocycles. The SMILES string of the molecule is Cc1ccc(Br)c(Nc2ncnc(Cl)c2C)c1. The Hall–Kier alpha value is -1.13. The molecule has 0 saturated carbocycles. The maximum Gasteiger partial charge on any atom is 0.138 e. The first-order valence-electron chi connectivity index (χ1n) is 5.08. The van der Waals surface area contributed by atoms with Crippen LogP contribution in [0.5, 0.6) is 0 Å². The second kappa shape index (κ2) is 5.02. The summed E-state index contributed by atoms with van der Waals surface area (Å²) in [5.74, 6) is 0.719. The Morgan fingerprint density at radius 2 is 2.00 bits per heavy atom. The summed E-state index contributed by atoms with van der Waals surface area (Å²) in [4.78, 5) is 8.10. The molecule has 17 heavy (non-hydrogen) atoms. The van der Waals surface area contributed by atoms with Crippen LogP contribution in [0.15, 0.2) is 29.0 Å². The topological polar surface area (TPSA) is 37.8 Å². The molecule has 0 fully saturated rings. The fourth-order valence-electron chi connectivity index (χ4n) is 1.42. The lowest BCUT2D eigenvalue weighted by Crippen LogP contribution is -1.99. The molecule has 1 N–H and O–H groups in total. The zero-order valence-electron chi connectivity index (χ0n) is 9.46. The first-order valence-corrected chi connectivity index (χ1v) is 6.25. The van der Waals surface area contributed by atoms with Crippen LogP contribution in [-0.4, -0.2) is 9.97 Å². The molecule has 2 rings (SSSR count). The monoisotopic (exact) mass is 311 g/mol. The lowest BCUT2D eigenvalue weighted by Gasteiger charge is -2.11. The number of benzene rings is 1. The number of hydrogen-bond acceptors (Lipinski definition) is 3. The normalized spacial score (nSPS) is 10.4. The largest absolute Gasteiger partial charge is 0.339 e. The molecule has 0 atom stereocenters. The number of aromatic nitrogens is 2. The molecule has 3 nitrogen and oxygen atoms in total. The fraction of sp³-hybridized carbons (Fsp3) is 0.167. The van der Waals surface area contributed by atoms with E-state index in [2.05, 4.69) is 31.2 Å². The zero-order valence-corrected chi connectivity index (χ0v) is 11.8. The van der Waals surface area contributed by atoms with Crippen molar-refractivity contribution in [1.82, 2.24) is 9.97 Å². The van der Waals surface area contributed by atoms with E-state index in [4.69, 9.17) is 11.6 Å². The Bertz CT molecular complexity index is 557. The molecule has 0 aliphatic heterocycles. The highest BCUT2D eigenvalue weighted by molar-refractivity contribution is 9.10. The Balaban J connectivity index is 2.38. The number of halogens is 2.